The van der Waals surface area contributed by atoms with Gasteiger partial charge in [-0.15, -0.1) is 0 Å². The van der Waals surface area contributed by atoms with Gasteiger partial charge >= 0.3 is 0 Å². The van der Waals surface area contributed by atoms with Crippen molar-refractivity contribution >= 4 is 16.9 Å². The maximum atomic E-state index is 6.19. The summed E-state index contributed by atoms with van der Waals surface area (Å²) in [4.78, 5) is 13.3. The van der Waals surface area contributed by atoms with Crippen molar-refractivity contribution in [2.75, 3.05) is 12.8 Å². The van der Waals surface area contributed by atoms with Gasteiger partial charge < -0.3 is 10.5 Å². The summed E-state index contributed by atoms with van der Waals surface area (Å²) < 4.78 is 5.26. The SMILES string of the molecule is COc1ccc(-c2cc(-c3ccc(C(C)C)cc3)c3c(N)ncnc3n2)cc1. The summed E-state index contributed by atoms with van der Waals surface area (Å²) >= 11 is 0. The molecule has 0 fully saturated rings. The number of pyridine rings is 1. The number of fused-ring (bicyclic) bond motifs is 1. The van der Waals surface area contributed by atoms with Crippen molar-refractivity contribution in [3.63, 3.8) is 0 Å². The van der Waals surface area contributed by atoms with Crippen molar-refractivity contribution in [1.82, 2.24) is 15.0 Å². The summed E-state index contributed by atoms with van der Waals surface area (Å²) in [5.41, 5.74) is 11.9. The fourth-order valence-corrected chi connectivity index (χ4v) is 3.27. The van der Waals surface area contributed by atoms with Crippen LogP contribution in [0.2, 0.25) is 0 Å². The maximum absolute atomic E-state index is 6.19. The lowest BCUT2D eigenvalue weighted by atomic mass is 9.96. The van der Waals surface area contributed by atoms with Crippen molar-refractivity contribution in [3.8, 4) is 28.1 Å². The first-order valence-corrected chi connectivity index (χ1v) is 9.23. The second-order valence-electron chi connectivity index (χ2n) is 7.02. The lowest BCUT2D eigenvalue weighted by Crippen LogP contribution is -1.99. The predicted octanol–water partition coefficient (Wildman–Crippen LogP) is 5.07. The van der Waals surface area contributed by atoms with Crippen molar-refractivity contribution in [1.29, 1.82) is 0 Å². The van der Waals surface area contributed by atoms with Crippen LogP contribution in [0.25, 0.3) is 33.4 Å². The standard InChI is InChI=1S/C23H22N4O/c1-14(2)15-4-6-16(7-5-15)19-12-20(17-8-10-18(28-3)11-9-17)27-23-21(19)22(24)25-13-26-23/h4-14H,1-3H3,(H2,24,25,26,27). The molecule has 28 heavy (non-hydrogen) atoms. The molecule has 0 saturated heterocycles. The first kappa shape index (κ1) is 17.9. The van der Waals surface area contributed by atoms with Crippen molar-refractivity contribution < 1.29 is 4.74 Å². The van der Waals surface area contributed by atoms with E-state index in [-0.39, 0.29) is 0 Å². The summed E-state index contributed by atoms with van der Waals surface area (Å²) in [7, 11) is 1.65. The van der Waals surface area contributed by atoms with Gasteiger partial charge in [0.1, 0.15) is 17.9 Å². The minimum absolute atomic E-state index is 0.432. The van der Waals surface area contributed by atoms with Crippen LogP contribution < -0.4 is 10.5 Å². The Balaban J connectivity index is 1.92. The number of rotatable bonds is 4. The van der Waals surface area contributed by atoms with E-state index in [2.05, 4.69) is 48.1 Å². The molecule has 0 aliphatic rings. The topological polar surface area (TPSA) is 73.9 Å². The highest BCUT2D eigenvalue weighted by Gasteiger charge is 2.14. The molecule has 5 nitrogen and oxygen atoms in total. The van der Waals surface area contributed by atoms with Gasteiger partial charge in [-0.25, -0.2) is 15.0 Å². The summed E-state index contributed by atoms with van der Waals surface area (Å²) in [6, 6.07) is 18.4. The molecular formula is C23H22N4O. The Bertz CT molecular complexity index is 1120. The Morgan fingerprint density at radius 1 is 0.893 bits per heavy atom. The molecule has 0 spiro atoms. The molecule has 0 aliphatic carbocycles. The van der Waals surface area contributed by atoms with Crippen molar-refractivity contribution in [2.45, 2.75) is 19.8 Å². The number of nitrogens with two attached hydrogens (primary N) is 1. The van der Waals surface area contributed by atoms with Crippen molar-refractivity contribution in [2.24, 2.45) is 0 Å². The number of aromatic nitrogens is 3. The van der Waals surface area contributed by atoms with Gasteiger partial charge in [0.25, 0.3) is 0 Å². The van der Waals surface area contributed by atoms with Gasteiger partial charge in [0.05, 0.1) is 18.2 Å². The highest BCUT2D eigenvalue weighted by Crippen LogP contribution is 2.34. The van der Waals surface area contributed by atoms with E-state index in [0.29, 0.717) is 17.4 Å². The van der Waals surface area contributed by atoms with E-state index in [4.69, 9.17) is 15.5 Å². The van der Waals surface area contributed by atoms with Crippen LogP contribution in [0, 0.1) is 0 Å². The zero-order chi connectivity index (χ0) is 19.7. The van der Waals surface area contributed by atoms with Crippen LogP contribution in [0.4, 0.5) is 5.82 Å². The number of ether oxygens (including phenoxy) is 1. The third-order valence-electron chi connectivity index (χ3n) is 4.91. The number of nitrogen functional groups attached to an aromatic ring is 1. The molecular weight excluding hydrogens is 348 g/mol. The molecule has 4 aromatic rings. The first-order chi connectivity index (χ1) is 13.6. The van der Waals surface area contributed by atoms with Crippen LogP contribution in [0.1, 0.15) is 25.3 Å². The number of anilines is 1. The summed E-state index contributed by atoms with van der Waals surface area (Å²) in [6.45, 7) is 4.37. The third kappa shape index (κ3) is 3.27. The quantitative estimate of drug-likeness (QED) is 0.543. The average molecular weight is 370 g/mol. The molecule has 0 bridgehead atoms. The Morgan fingerprint density at radius 3 is 2.21 bits per heavy atom. The monoisotopic (exact) mass is 370 g/mol. The van der Waals surface area contributed by atoms with E-state index < -0.39 is 0 Å². The van der Waals surface area contributed by atoms with E-state index in [1.165, 1.54) is 11.9 Å². The Kier molecular flexibility index (Phi) is 4.65. The number of methoxy groups -OCH3 is 1. The molecule has 2 aromatic carbocycles. The zero-order valence-electron chi connectivity index (χ0n) is 16.2. The molecule has 4 rings (SSSR count). The van der Waals surface area contributed by atoms with E-state index in [9.17, 15) is 0 Å². The van der Waals surface area contributed by atoms with Crippen LogP contribution in [0.3, 0.4) is 0 Å². The second-order valence-corrected chi connectivity index (χ2v) is 7.02. The van der Waals surface area contributed by atoms with E-state index in [0.717, 1.165) is 33.5 Å². The minimum atomic E-state index is 0.432. The average Bonchev–Trinajstić information content (AvgIpc) is 2.73. The molecule has 0 aliphatic heterocycles. The van der Waals surface area contributed by atoms with Crippen LogP contribution in [0.5, 0.6) is 5.75 Å². The van der Waals surface area contributed by atoms with Gasteiger partial charge in [0, 0.05) is 5.56 Å². The maximum Gasteiger partial charge on any atom is 0.165 e. The molecule has 0 radical (unpaired) electrons. The smallest absolute Gasteiger partial charge is 0.165 e. The minimum Gasteiger partial charge on any atom is -0.497 e. The Hall–Kier alpha value is -3.47. The van der Waals surface area contributed by atoms with Gasteiger partial charge in [-0.2, -0.15) is 0 Å². The van der Waals surface area contributed by atoms with Gasteiger partial charge in [0.15, 0.2) is 5.65 Å². The van der Waals surface area contributed by atoms with Gasteiger partial charge in [-0.05, 0) is 52.9 Å². The molecule has 0 amide bonds. The van der Waals surface area contributed by atoms with Crippen LogP contribution >= 0.6 is 0 Å². The van der Waals surface area contributed by atoms with Gasteiger partial charge in [-0.1, -0.05) is 38.1 Å². The van der Waals surface area contributed by atoms with Gasteiger partial charge in [0.2, 0.25) is 0 Å². The van der Waals surface area contributed by atoms with E-state index >= 15 is 0 Å². The normalized spacial score (nSPS) is 11.1. The van der Waals surface area contributed by atoms with Crippen LogP contribution in [-0.2, 0) is 0 Å². The Morgan fingerprint density at radius 2 is 1.57 bits per heavy atom. The molecule has 0 atom stereocenters. The molecule has 2 heterocycles. The van der Waals surface area contributed by atoms with E-state index in [1.807, 2.05) is 30.3 Å². The number of hydrogen-bond acceptors (Lipinski definition) is 5. The fraction of sp³-hybridized carbons (Fsp3) is 0.174. The third-order valence-corrected chi connectivity index (χ3v) is 4.91. The summed E-state index contributed by atoms with van der Waals surface area (Å²) in [6.07, 6.45) is 1.45. The van der Waals surface area contributed by atoms with Crippen LogP contribution in [-0.4, -0.2) is 22.1 Å². The predicted molar refractivity (Wildman–Crippen MR) is 113 cm³/mol. The number of nitrogens with zero attached hydrogens (tertiary/aromatic N) is 3. The highest BCUT2D eigenvalue weighted by atomic mass is 16.5. The van der Waals surface area contributed by atoms with Crippen LogP contribution in [0.15, 0.2) is 60.9 Å². The zero-order valence-corrected chi connectivity index (χ0v) is 16.2. The molecule has 5 heteroatoms. The molecule has 2 aromatic heterocycles. The number of benzene rings is 2. The molecule has 2 N–H and O–H groups in total. The van der Waals surface area contributed by atoms with Gasteiger partial charge in [-0.3, -0.25) is 0 Å². The fourth-order valence-electron chi connectivity index (χ4n) is 3.27. The highest BCUT2D eigenvalue weighted by molar-refractivity contribution is 6.00. The summed E-state index contributed by atoms with van der Waals surface area (Å²) in [5.74, 6) is 1.72. The van der Waals surface area contributed by atoms with E-state index in [1.54, 1.807) is 7.11 Å². The van der Waals surface area contributed by atoms with Crippen molar-refractivity contribution in [3.05, 3.63) is 66.5 Å². The second kappa shape index (κ2) is 7.27. The summed E-state index contributed by atoms with van der Waals surface area (Å²) in [5, 5.41) is 0.775. The number of hydrogen-bond donors (Lipinski definition) is 1. The molecule has 0 saturated carbocycles. The lowest BCUT2D eigenvalue weighted by Gasteiger charge is -2.12. The largest absolute Gasteiger partial charge is 0.497 e. The molecule has 140 valence electrons. The Labute approximate surface area is 164 Å². The first-order valence-electron chi connectivity index (χ1n) is 9.23. The molecule has 0 unspecified atom stereocenters. The lowest BCUT2D eigenvalue weighted by molar-refractivity contribution is 0.415.